The average Bonchev–Trinajstić information content (AvgIpc) is 2.88. The fourth-order valence-electron chi connectivity index (χ4n) is 6.01. The molecule has 208 valence electrons. The van der Waals surface area contributed by atoms with E-state index < -0.39 is 0 Å². The summed E-state index contributed by atoms with van der Waals surface area (Å²) < 4.78 is 7.27. The molecule has 39 heavy (non-hydrogen) atoms. The molecule has 5 rings (SSSR count). The van der Waals surface area contributed by atoms with E-state index in [2.05, 4.69) is 23.2 Å². The van der Waals surface area contributed by atoms with E-state index in [-0.39, 0.29) is 24.1 Å². The normalized spacial score (nSPS) is 20.3. The van der Waals surface area contributed by atoms with Crippen LogP contribution in [0.5, 0.6) is 0 Å². The van der Waals surface area contributed by atoms with Gasteiger partial charge in [0, 0.05) is 42.9 Å². The highest BCUT2D eigenvalue weighted by Gasteiger charge is 2.33. The highest BCUT2D eigenvalue weighted by Crippen LogP contribution is 2.42. The van der Waals surface area contributed by atoms with E-state index in [1.807, 2.05) is 38.1 Å². The fourth-order valence-corrected chi connectivity index (χ4v) is 6.20. The summed E-state index contributed by atoms with van der Waals surface area (Å²) in [4.78, 5) is 33.9. The topological polar surface area (TPSA) is 76.5 Å². The van der Waals surface area contributed by atoms with Gasteiger partial charge in [-0.25, -0.2) is 4.98 Å². The number of carbonyl (C=O) groups excluding carboxylic acids is 1. The van der Waals surface area contributed by atoms with Crippen LogP contribution in [0.3, 0.4) is 0 Å². The van der Waals surface area contributed by atoms with Gasteiger partial charge in [-0.1, -0.05) is 29.8 Å². The Labute approximate surface area is 235 Å². The summed E-state index contributed by atoms with van der Waals surface area (Å²) in [6.45, 7) is 9.95. The number of rotatable bonds is 9. The fraction of sp³-hybridized carbons (Fsp3) is 0.516. The summed E-state index contributed by atoms with van der Waals surface area (Å²) in [6, 6.07) is 13.3. The summed E-state index contributed by atoms with van der Waals surface area (Å²) in [5.74, 6) is 1.36. The number of carbonyl (C=O) groups is 1. The molecular weight excluding hydrogens is 512 g/mol. The van der Waals surface area contributed by atoms with Crippen LogP contribution in [0.4, 0.5) is 0 Å². The molecule has 0 radical (unpaired) electrons. The number of halogens is 1. The van der Waals surface area contributed by atoms with E-state index in [9.17, 15) is 9.59 Å². The van der Waals surface area contributed by atoms with Gasteiger partial charge >= 0.3 is 0 Å². The molecule has 1 saturated carbocycles. The minimum atomic E-state index is -0.222. The van der Waals surface area contributed by atoms with Crippen molar-refractivity contribution < 1.29 is 9.53 Å². The van der Waals surface area contributed by atoms with E-state index in [1.54, 1.807) is 12.1 Å². The van der Waals surface area contributed by atoms with Crippen LogP contribution in [0, 0.1) is 5.92 Å². The lowest BCUT2D eigenvalue weighted by molar-refractivity contribution is -0.122. The zero-order valence-electron chi connectivity index (χ0n) is 23.2. The van der Waals surface area contributed by atoms with Crippen LogP contribution in [0.1, 0.15) is 57.9 Å². The van der Waals surface area contributed by atoms with E-state index in [4.69, 9.17) is 21.3 Å². The molecule has 0 unspecified atom stereocenters. The molecule has 7 nitrogen and oxygen atoms in total. The maximum absolute atomic E-state index is 13.8. The number of ether oxygens (including phenoxy) is 1. The van der Waals surface area contributed by atoms with Crippen LogP contribution in [-0.2, 0) is 16.1 Å². The van der Waals surface area contributed by atoms with Crippen molar-refractivity contribution in [3.63, 3.8) is 0 Å². The molecule has 0 atom stereocenters. The molecule has 3 aromatic rings. The van der Waals surface area contributed by atoms with Crippen molar-refractivity contribution in [1.29, 1.82) is 0 Å². The first-order chi connectivity index (χ1) is 18.8. The number of benzene rings is 2. The maximum Gasteiger partial charge on any atom is 0.262 e. The van der Waals surface area contributed by atoms with Crippen molar-refractivity contribution in [1.82, 2.24) is 19.8 Å². The molecule has 2 aromatic carbocycles. The van der Waals surface area contributed by atoms with Crippen LogP contribution in [-0.4, -0.2) is 58.7 Å². The molecule has 1 saturated heterocycles. The first-order valence-electron chi connectivity index (χ1n) is 14.2. The summed E-state index contributed by atoms with van der Waals surface area (Å²) in [7, 11) is 0. The number of hydrogen-bond acceptors (Lipinski definition) is 5. The zero-order valence-corrected chi connectivity index (χ0v) is 23.9. The second kappa shape index (κ2) is 12.2. The highest BCUT2D eigenvalue weighted by atomic mass is 35.5. The quantitative estimate of drug-likeness (QED) is 0.394. The second-order valence-corrected chi connectivity index (χ2v) is 11.8. The largest absolute Gasteiger partial charge is 0.378 e. The Morgan fingerprint density at radius 3 is 2.62 bits per heavy atom. The Balaban J connectivity index is 1.35. The van der Waals surface area contributed by atoms with E-state index in [1.165, 1.54) is 10.1 Å². The molecule has 1 aromatic heterocycles. The summed E-state index contributed by atoms with van der Waals surface area (Å²) in [5.41, 5.74) is 2.31. The predicted molar refractivity (Wildman–Crippen MR) is 156 cm³/mol. The van der Waals surface area contributed by atoms with Crippen molar-refractivity contribution in [2.75, 3.05) is 26.2 Å². The van der Waals surface area contributed by atoms with Gasteiger partial charge in [-0.05, 0) is 88.1 Å². The third kappa shape index (κ3) is 6.53. The van der Waals surface area contributed by atoms with Crippen LogP contribution in [0.15, 0.2) is 47.3 Å². The smallest absolute Gasteiger partial charge is 0.262 e. The first kappa shape index (κ1) is 27.8. The average molecular weight is 551 g/mol. The molecule has 1 aliphatic heterocycles. The molecule has 1 N–H and O–H groups in total. The third-order valence-corrected chi connectivity index (χ3v) is 8.21. The second-order valence-electron chi connectivity index (χ2n) is 11.3. The number of amides is 1. The Bertz CT molecular complexity index is 1370. The van der Waals surface area contributed by atoms with Gasteiger partial charge in [0.25, 0.3) is 5.56 Å². The number of likely N-dealkylation sites (tertiary alicyclic amines) is 1. The van der Waals surface area contributed by atoms with Crippen molar-refractivity contribution in [2.45, 2.75) is 71.1 Å². The molecule has 2 aliphatic rings. The number of nitrogens with one attached hydrogen (secondary N) is 1. The summed E-state index contributed by atoms with van der Waals surface area (Å²) >= 11 is 6.25. The monoisotopic (exact) mass is 550 g/mol. The third-order valence-electron chi connectivity index (χ3n) is 7.97. The highest BCUT2D eigenvalue weighted by molar-refractivity contribution is 6.30. The number of nitrogens with zero attached hydrogens (tertiary/aromatic N) is 3. The Morgan fingerprint density at radius 2 is 1.92 bits per heavy atom. The van der Waals surface area contributed by atoms with Gasteiger partial charge < -0.3 is 15.0 Å². The minimum absolute atomic E-state index is 0.0227. The van der Waals surface area contributed by atoms with Gasteiger partial charge in [-0.2, -0.15) is 0 Å². The predicted octanol–water partition coefficient (Wildman–Crippen LogP) is 5.24. The Morgan fingerprint density at radius 1 is 1.15 bits per heavy atom. The maximum atomic E-state index is 13.8. The molecule has 1 aliphatic carbocycles. The number of hydrogen-bond donors (Lipinski definition) is 1. The Kier molecular flexibility index (Phi) is 8.70. The van der Waals surface area contributed by atoms with Crippen molar-refractivity contribution in [3.05, 3.63) is 63.4 Å². The van der Waals surface area contributed by atoms with E-state index in [0.29, 0.717) is 45.3 Å². The van der Waals surface area contributed by atoms with Gasteiger partial charge in [-0.15, -0.1) is 0 Å². The molecule has 0 bridgehead atoms. The standard InChI is InChI=1S/C31H39ClN4O3/c1-4-39-26-10-12-35(13-11-26)18-21-14-24(15-21)22-8-9-28-27(17-22)31(38)36(19-29(37)33-20(2)3)30(34-28)23-6-5-7-25(32)16-23/h5-9,16-17,20-21,24,26H,4,10-15,18-19H2,1-3H3,(H,33,37)/t21-,24-. The number of fused-ring (bicyclic) bond motifs is 1. The SMILES string of the molecule is CCOC1CCN(C[C@H]2C[C@H](c3ccc4nc(-c5cccc(Cl)c5)n(CC(=O)NC(C)C)c(=O)c4c3)C2)CC1. The Hall–Kier alpha value is -2.74. The number of aromatic nitrogens is 2. The van der Waals surface area contributed by atoms with Crippen molar-refractivity contribution in [3.8, 4) is 11.4 Å². The summed E-state index contributed by atoms with van der Waals surface area (Å²) in [6.07, 6.45) is 4.94. The summed E-state index contributed by atoms with van der Waals surface area (Å²) in [5, 5.41) is 3.99. The zero-order chi connectivity index (χ0) is 27.5. The lowest BCUT2D eigenvalue weighted by Crippen LogP contribution is -2.42. The van der Waals surface area contributed by atoms with Crippen LogP contribution in [0.25, 0.3) is 22.3 Å². The number of piperidine rings is 1. The van der Waals surface area contributed by atoms with Gasteiger partial charge in [-0.3, -0.25) is 14.2 Å². The van der Waals surface area contributed by atoms with Crippen LogP contribution in [0.2, 0.25) is 5.02 Å². The minimum Gasteiger partial charge on any atom is -0.378 e. The van der Waals surface area contributed by atoms with E-state index in [0.717, 1.165) is 51.9 Å². The van der Waals surface area contributed by atoms with E-state index >= 15 is 0 Å². The van der Waals surface area contributed by atoms with Gasteiger partial charge in [0.1, 0.15) is 12.4 Å². The molecule has 2 heterocycles. The van der Waals surface area contributed by atoms with Gasteiger partial charge in [0.15, 0.2) is 0 Å². The lowest BCUT2D eigenvalue weighted by atomic mass is 9.71. The van der Waals surface area contributed by atoms with Crippen LogP contribution >= 0.6 is 11.6 Å². The van der Waals surface area contributed by atoms with Crippen molar-refractivity contribution in [2.24, 2.45) is 5.92 Å². The lowest BCUT2D eigenvalue weighted by Gasteiger charge is -2.41. The van der Waals surface area contributed by atoms with Gasteiger partial charge in [0.05, 0.1) is 17.0 Å². The molecule has 2 fully saturated rings. The first-order valence-corrected chi connectivity index (χ1v) is 14.6. The van der Waals surface area contributed by atoms with Crippen LogP contribution < -0.4 is 10.9 Å². The molecular formula is C31H39ClN4O3. The molecule has 1 amide bonds. The molecule has 8 heteroatoms. The van der Waals surface area contributed by atoms with Gasteiger partial charge in [0.2, 0.25) is 5.91 Å². The molecule has 0 spiro atoms. The van der Waals surface area contributed by atoms with Crippen molar-refractivity contribution >= 4 is 28.4 Å².